The molecule has 0 radical (unpaired) electrons. The number of nitrogens with one attached hydrogen (secondary N) is 1. The maximum Gasteiger partial charge on any atom is 0.131 e. The highest BCUT2D eigenvalue weighted by Gasteiger charge is 2.22. The SMILES string of the molecule is CCNCc1cnc(N2CCN(C)C(C)C2)c(C)c1. The van der Waals surface area contributed by atoms with Crippen LogP contribution in [0.4, 0.5) is 5.82 Å². The summed E-state index contributed by atoms with van der Waals surface area (Å²) in [6.07, 6.45) is 2.01. The van der Waals surface area contributed by atoms with Crippen LogP contribution in [0, 0.1) is 6.92 Å². The number of anilines is 1. The van der Waals surface area contributed by atoms with Crippen molar-refractivity contribution in [2.24, 2.45) is 0 Å². The van der Waals surface area contributed by atoms with Gasteiger partial charge in [-0.2, -0.15) is 0 Å². The Morgan fingerprint density at radius 2 is 2.21 bits per heavy atom. The number of piperazine rings is 1. The monoisotopic (exact) mass is 262 g/mol. The van der Waals surface area contributed by atoms with Crippen molar-refractivity contribution in [2.75, 3.05) is 38.1 Å². The predicted octanol–water partition coefficient (Wildman–Crippen LogP) is 1.64. The van der Waals surface area contributed by atoms with Gasteiger partial charge in [0.1, 0.15) is 5.82 Å². The smallest absolute Gasteiger partial charge is 0.131 e. The average Bonchev–Trinajstić information content (AvgIpc) is 2.40. The summed E-state index contributed by atoms with van der Waals surface area (Å²) >= 11 is 0. The number of likely N-dealkylation sites (N-methyl/N-ethyl adjacent to an activating group) is 1. The molecule has 1 aromatic heterocycles. The van der Waals surface area contributed by atoms with Crippen molar-refractivity contribution in [1.82, 2.24) is 15.2 Å². The van der Waals surface area contributed by atoms with Crippen molar-refractivity contribution in [1.29, 1.82) is 0 Å². The van der Waals surface area contributed by atoms with Crippen LogP contribution in [0.1, 0.15) is 25.0 Å². The lowest BCUT2D eigenvalue weighted by Crippen LogP contribution is -2.50. The molecule has 0 saturated carbocycles. The lowest BCUT2D eigenvalue weighted by molar-refractivity contribution is 0.233. The Balaban J connectivity index is 2.08. The van der Waals surface area contributed by atoms with Gasteiger partial charge in [0, 0.05) is 38.4 Å². The normalized spacial score (nSPS) is 20.8. The summed E-state index contributed by atoms with van der Waals surface area (Å²) < 4.78 is 0. The molecule has 0 bridgehead atoms. The Bertz CT molecular complexity index is 419. The molecule has 2 rings (SSSR count). The summed E-state index contributed by atoms with van der Waals surface area (Å²) in [4.78, 5) is 9.50. The molecule has 1 atom stereocenters. The van der Waals surface area contributed by atoms with E-state index in [9.17, 15) is 0 Å². The fourth-order valence-corrected chi connectivity index (χ4v) is 2.56. The average molecular weight is 262 g/mol. The standard InChI is InChI=1S/C15H26N4/c1-5-16-9-14-8-12(2)15(17-10-14)19-7-6-18(4)13(3)11-19/h8,10,13,16H,5-7,9,11H2,1-4H3. The van der Waals surface area contributed by atoms with Gasteiger partial charge in [0.25, 0.3) is 0 Å². The van der Waals surface area contributed by atoms with Crippen LogP contribution in [0.15, 0.2) is 12.3 Å². The van der Waals surface area contributed by atoms with Crippen LogP contribution in [-0.4, -0.2) is 49.2 Å². The van der Waals surface area contributed by atoms with Crippen LogP contribution in [0.2, 0.25) is 0 Å². The molecule has 0 amide bonds. The van der Waals surface area contributed by atoms with Gasteiger partial charge in [-0.25, -0.2) is 4.98 Å². The maximum absolute atomic E-state index is 4.68. The molecule has 4 nitrogen and oxygen atoms in total. The second kappa shape index (κ2) is 6.35. The molecule has 1 aliphatic heterocycles. The fourth-order valence-electron chi connectivity index (χ4n) is 2.56. The Hall–Kier alpha value is -1.13. The summed E-state index contributed by atoms with van der Waals surface area (Å²) in [6.45, 7) is 11.7. The molecule has 2 heterocycles. The van der Waals surface area contributed by atoms with E-state index in [1.54, 1.807) is 0 Å². The Morgan fingerprint density at radius 1 is 1.42 bits per heavy atom. The molecule has 1 N–H and O–H groups in total. The van der Waals surface area contributed by atoms with Crippen LogP contribution in [-0.2, 0) is 6.54 Å². The van der Waals surface area contributed by atoms with Crippen LogP contribution < -0.4 is 10.2 Å². The van der Waals surface area contributed by atoms with Crippen molar-refractivity contribution in [3.05, 3.63) is 23.4 Å². The largest absolute Gasteiger partial charge is 0.354 e. The number of hydrogen-bond donors (Lipinski definition) is 1. The zero-order valence-corrected chi connectivity index (χ0v) is 12.6. The molecular weight excluding hydrogens is 236 g/mol. The number of rotatable bonds is 4. The molecule has 1 saturated heterocycles. The third kappa shape index (κ3) is 3.45. The summed E-state index contributed by atoms with van der Waals surface area (Å²) in [5, 5.41) is 3.34. The maximum atomic E-state index is 4.68. The quantitative estimate of drug-likeness (QED) is 0.894. The third-order valence-electron chi connectivity index (χ3n) is 3.95. The number of nitrogens with zero attached hydrogens (tertiary/aromatic N) is 3. The molecule has 4 heteroatoms. The van der Waals surface area contributed by atoms with E-state index in [4.69, 9.17) is 0 Å². The lowest BCUT2D eigenvalue weighted by Gasteiger charge is -2.38. The van der Waals surface area contributed by atoms with E-state index in [-0.39, 0.29) is 0 Å². The van der Waals surface area contributed by atoms with Crippen LogP contribution in [0.3, 0.4) is 0 Å². The van der Waals surface area contributed by atoms with Crippen LogP contribution in [0.5, 0.6) is 0 Å². The molecule has 1 aromatic rings. The van der Waals surface area contributed by atoms with E-state index in [0.717, 1.165) is 38.5 Å². The topological polar surface area (TPSA) is 31.4 Å². The summed E-state index contributed by atoms with van der Waals surface area (Å²) in [7, 11) is 2.20. The van der Waals surface area contributed by atoms with Crippen molar-refractivity contribution in [3.8, 4) is 0 Å². The molecule has 0 spiro atoms. The van der Waals surface area contributed by atoms with Gasteiger partial charge >= 0.3 is 0 Å². The summed E-state index contributed by atoms with van der Waals surface area (Å²) in [5.74, 6) is 1.15. The summed E-state index contributed by atoms with van der Waals surface area (Å²) in [6, 6.07) is 2.85. The van der Waals surface area contributed by atoms with Gasteiger partial charge in [0.2, 0.25) is 0 Å². The molecule has 1 unspecified atom stereocenters. The van der Waals surface area contributed by atoms with E-state index in [1.165, 1.54) is 11.1 Å². The number of aromatic nitrogens is 1. The van der Waals surface area contributed by atoms with Crippen molar-refractivity contribution < 1.29 is 0 Å². The molecule has 0 aromatic carbocycles. The third-order valence-corrected chi connectivity index (χ3v) is 3.95. The lowest BCUT2D eigenvalue weighted by atomic mass is 10.1. The van der Waals surface area contributed by atoms with E-state index in [1.807, 2.05) is 6.20 Å². The number of aryl methyl sites for hydroxylation is 1. The highest BCUT2D eigenvalue weighted by Crippen LogP contribution is 2.21. The van der Waals surface area contributed by atoms with Crippen molar-refractivity contribution >= 4 is 5.82 Å². The van der Waals surface area contributed by atoms with Gasteiger partial charge in [0.15, 0.2) is 0 Å². The number of pyridine rings is 1. The molecule has 1 fully saturated rings. The van der Waals surface area contributed by atoms with Crippen molar-refractivity contribution in [3.63, 3.8) is 0 Å². The molecule has 106 valence electrons. The fraction of sp³-hybridized carbons (Fsp3) is 0.667. The highest BCUT2D eigenvalue weighted by molar-refractivity contribution is 5.48. The first-order chi connectivity index (χ1) is 9.11. The Labute approximate surface area is 116 Å². The van der Waals surface area contributed by atoms with E-state index >= 15 is 0 Å². The summed E-state index contributed by atoms with van der Waals surface area (Å²) in [5.41, 5.74) is 2.55. The highest BCUT2D eigenvalue weighted by atomic mass is 15.3. The minimum Gasteiger partial charge on any atom is -0.354 e. The van der Waals surface area contributed by atoms with E-state index < -0.39 is 0 Å². The van der Waals surface area contributed by atoms with Gasteiger partial charge < -0.3 is 15.1 Å². The first-order valence-electron chi connectivity index (χ1n) is 7.23. The predicted molar refractivity (Wildman–Crippen MR) is 80.7 cm³/mol. The van der Waals surface area contributed by atoms with Crippen LogP contribution in [0.25, 0.3) is 0 Å². The van der Waals surface area contributed by atoms with E-state index in [0.29, 0.717) is 6.04 Å². The Kier molecular flexibility index (Phi) is 4.77. The second-order valence-corrected chi connectivity index (χ2v) is 5.54. The van der Waals surface area contributed by atoms with E-state index in [2.05, 4.69) is 54.0 Å². The molecule has 1 aliphatic rings. The first-order valence-corrected chi connectivity index (χ1v) is 7.23. The number of hydrogen-bond acceptors (Lipinski definition) is 4. The second-order valence-electron chi connectivity index (χ2n) is 5.54. The van der Waals surface area contributed by atoms with Crippen LogP contribution >= 0.6 is 0 Å². The Morgan fingerprint density at radius 3 is 2.84 bits per heavy atom. The minimum absolute atomic E-state index is 0.594. The minimum atomic E-state index is 0.594. The van der Waals surface area contributed by atoms with Gasteiger partial charge in [0.05, 0.1) is 0 Å². The van der Waals surface area contributed by atoms with Crippen molar-refractivity contribution in [2.45, 2.75) is 33.4 Å². The zero-order valence-electron chi connectivity index (χ0n) is 12.6. The molecule has 19 heavy (non-hydrogen) atoms. The zero-order chi connectivity index (χ0) is 13.8. The van der Waals surface area contributed by atoms with Gasteiger partial charge in [-0.1, -0.05) is 6.92 Å². The molecule has 0 aliphatic carbocycles. The molecular formula is C15H26N4. The van der Waals surface area contributed by atoms with Gasteiger partial charge in [-0.3, -0.25) is 0 Å². The van der Waals surface area contributed by atoms with Gasteiger partial charge in [-0.15, -0.1) is 0 Å². The van der Waals surface area contributed by atoms with Gasteiger partial charge in [-0.05, 0) is 44.6 Å². The first kappa shape index (κ1) is 14.3.